The first-order valence-corrected chi connectivity index (χ1v) is 14.3. The molecule has 2 bridgehead atoms. The van der Waals surface area contributed by atoms with Gasteiger partial charge in [-0.25, -0.2) is 0 Å². The lowest BCUT2D eigenvalue weighted by molar-refractivity contribution is -0.304. The van der Waals surface area contributed by atoms with Crippen molar-refractivity contribution in [2.75, 3.05) is 6.61 Å². The van der Waals surface area contributed by atoms with Crippen LogP contribution in [0.15, 0.2) is 35.5 Å². The zero-order chi connectivity index (χ0) is 28.4. The molecule has 0 aromatic heterocycles. The second-order valence-corrected chi connectivity index (χ2v) is 13.7. The maximum absolute atomic E-state index is 14.8. The molecule has 0 aromatic carbocycles. The van der Waals surface area contributed by atoms with Crippen LogP contribution in [0.3, 0.4) is 0 Å². The summed E-state index contributed by atoms with van der Waals surface area (Å²) in [5.41, 5.74) is -0.906. The fourth-order valence-electron chi connectivity index (χ4n) is 7.63. The molecule has 1 unspecified atom stereocenters. The van der Waals surface area contributed by atoms with Gasteiger partial charge < -0.3 is 19.3 Å². The predicted octanol–water partition coefficient (Wildman–Crippen LogP) is 5.94. The topological polar surface area (TPSA) is 82.1 Å². The summed E-state index contributed by atoms with van der Waals surface area (Å²) in [7, 11) is 0. The summed E-state index contributed by atoms with van der Waals surface area (Å²) < 4.78 is 18.7. The molecule has 38 heavy (non-hydrogen) atoms. The Morgan fingerprint density at radius 2 is 1.87 bits per heavy atom. The SMILES string of the molecule is C=C(C)CC(CC)CC(=O)O[C@H]1C(C)=C[C@]23C(=O)[C@@H](C=C4COC(C)(C)O[C@H]4[C@]12O)C(C)(C)[C@@H](C)C[C@H]3C. The number of aliphatic hydroxyl groups is 1. The molecule has 4 aliphatic rings. The van der Waals surface area contributed by atoms with Gasteiger partial charge in [0.15, 0.2) is 23.3 Å². The van der Waals surface area contributed by atoms with Crippen molar-refractivity contribution < 1.29 is 28.9 Å². The van der Waals surface area contributed by atoms with Crippen LogP contribution in [0.25, 0.3) is 0 Å². The number of allylic oxidation sites excluding steroid dienone is 2. The number of esters is 1. The molecule has 1 saturated heterocycles. The first-order chi connectivity index (χ1) is 17.5. The van der Waals surface area contributed by atoms with Gasteiger partial charge >= 0.3 is 5.97 Å². The third-order valence-corrected chi connectivity index (χ3v) is 10.2. The molecule has 3 aliphatic carbocycles. The molecule has 1 heterocycles. The molecule has 212 valence electrons. The van der Waals surface area contributed by atoms with Crippen LogP contribution in [0.1, 0.15) is 88.0 Å². The minimum Gasteiger partial charge on any atom is -0.455 e. The highest BCUT2D eigenvalue weighted by molar-refractivity contribution is 5.95. The number of carbonyl (C=O) groups is 2. The number of hydrogen-bond acceptors (Lipinski definition) is 6. The second-order valence-electron chi connectivity index (χ2n) is 13.7. The van der Waals surface area contributed by atoms with Crippen molar-refractivity contribution in [2.45, 2.75) is 112 Å². The van der Waals surface area contributed by atoms with Crippen LogP contribution >= 0.6 is 0 Å². The monoisotopic (exact) mass is 528 g/mol. The predicted molar refractivity (Wildman–Crippen MR) is 147 cm³/mol. The Morgan fingerprint density at radius 3 is 2.47 bits per heavy atom. The van der Waals surface area contributed by atoms with Gasteiger partial charge in [-0.2, -0.15) is 0 Å². The van der Waals surface area contributed by atoms with E-state index in [1.54, 1.807) is 0 Å². The average Bonchev–Trinajstić information content (AvgIpc) is 2.97. The summed E-state index contributed by atoms with van der Waals surface area (Å²) in [6, 6.07) is 0. The Morgan fingerprint density at radius 1 is 1.21 bits per heavy atom. The molecule has 1 N–H and O–H groups in total. The van der Waals surface area contributed by atoms with E-state index >= 15 is 0 Å². The second kappa shape index (κ2) is 9.71. The molecule has 0 aromatic rings. The Kier molecular flexibility index (Phi) is 7.47. The van der Waals surface area contributed by atoms with E-state index in [1.165, 1.54) is 0 Å². The van der Waals surface area contributed by atoms with E-state index in [4.69, 9.17) is 14.2 Å². The average molecular weight is 529 g/mol. The van der Waals surface area contributed by atoms with Crippen molar-refractivity contribution >= 4 is 11.8 Å². The summed E-state index contributed by atoms with van der Waals surface area (Å²) in [5, 5.41) is 13.1. The van der Waals surface area contributed by atoms with Gasteiger partial charge in [-0.05, 0) is 74.9 Å². The van der Waals surface area contributed by atoms with Crippen molar-refractivity contribution in [3.8, 4) is 0 Å². The fraction of sp³-hybridized carbons (Fsp3) is 0.750. The molecule has 1 spiro atoms. The van der Waals surface area contributed by atoms with Gasteiger partial charge in [0.05, 0.1) is 12.0 Å². The summed E-state index contributed by atoms with van der Waals surface area (Å²) in [5.74, 6) is -1.64. The Bertz CT molecular complexity index is 1070. The lowest BCUT2D eigenvalue weighted by Gasteiger charge is -2.52. The summed E-state index contributed by atoms with van der Waals surface area (Å²) >= 11 is 0. The number of carbonyl (C=O) groups excluding carboxylic acids is 2. The number of Topliss-reactive ketones (excluding diaryl/α,β-unsaturated/α-hetero) is 1. The van der Waals surface area contributed by atoms with Gasteiger partial charge in [0, 0.05) is 12.3 Å². The van der Waals surface area contributed by atoms with Crippen LogP contribution in [0.2, 0.25) is 0 Å². The lowest BCUT2D eigenvalue weighted by Crippen LogP contribution is -2.68. The Labute approximate surface area is 228 Å². The highest BCUT2D eigenvalue weighted by Crippen LogP contribution is 2.63. The number of ether oxygens (including phenoxy) is 3. The summed E-state index contributed by atoms with van der Waals surface area (Å²) in [6.45, 7) is 22.3. The van der Waals surface area contributed by atoms with Crippen LogP contribution in [0.4, 0.5) is 0 Å². The van der Waals surface area contributed by atoms with Crippen molar-refractivity contribution in [3.63, 3.8) is 0 Å². The van der Waals surface area contributed by atoms with Gasteiger partial charge in [0.1, 0.15) is 6.10 Å². The van der Waals surface area contributed by atoms with Crippen molar-refractivity contribution in [1.29, 1.82) is 0 Å². The van der Waals surface area contributed by atoms with E-state index in [-0.39, 0.29) is 47.9 Å². The van der Waals surface area contributed by atoms with Crippen LogP contribution in [-0.2, 0) is 23.8 Å². The number of ketones is 1. The van der Waals surface area contributed by atoms with E-state index in [2.05, 4.69) is 41.2 Å². The quantitative estimate of drug-likeness (QED) is 0.340. The van der Waals surface area contributed by atoms with Crippen molar-refractivity contribution in [3.05, 3.63) is 35.5 Å². The van der Waals surface area contributed by atoms with Crippen molar-refractivity contribution in [1.82, 2.24) is 0 Å². The van der Waals surface area contributed by atoms with Crippen LogP contribution in [-0.4, -0.2) is 47.1 Å². The highest BCUT2D eigenvalue weighted by Gasteiger charge is 2.74. The molecule has 6 nitrogen and oxygen atoms in total. The highest BCUT2D eigenvalue weighted by atomic mass is 16.7. The molecule has 0 radical (unpaired) electrons. The first-order valence-electron chi connectivity index (χ1n) is 14.3. The largest absolute Gasteiger partial charge is 0.455 e. The lowest BCUT2D eigenvalue weighted by atomic mass is 9.59. The Hall–Kier alpha value is -1.76. The zero-order valence-corrected chi connectivity index (χ0v) is 24.8. The van der Waals surface area contributed by atoms with Gasteiger partial charge in [-0.15, -0.1) is 6.58 Å². The zero-order valence-electron chi connectivity index (χ0n) is 24.8. The molecular formula is C32H48O6. The van der Waals surface area contributed by atoms with E-state index in [1.807, 2.05) is 39.8 Å². The molecule has 1 saturated carbocycles. The van der Waals surface area contributed by atoms with E-state index in [0.29, 0.717) is 5.57 Å². The van der Waals surface area contributed by atoms with E-state index in [9.17, 15) is 14.7 Å². The fourth-order valence-corrected chi connectivity index (χ4v) is 7.63. The Balaban J connectivity index is 1.85. The molecule has 0 amide bonds. The number of hydrogen-bond donors (Lipinski definition) is 1. The number of rotatable bonds is 6. The van der Waals surface area contributed by atoms with E-state index < -0.39 is 34.9 Å². The molecular weight excluding hydrogens is 480 g/mol. The number of fused-ring (bicyclic) bond motifs is 3. The molecule has 2 fully saturated rings. The normalized spacial score (nSPS) is 40.1. The maximum atomic E-state index is 14.8. The van der Waals surface area contributed by atoms with Crippen LogP contribution < -0.4 is 0 Å². The third-order valence-electron chi connectivity index (χ3n) is 10.2. The molecule has 6 heteroatoms. The third kappa shape index (κ3) is 4.35. The standard InChI is InChI=1S/C32H48O6/c1-11-22(12-18(2)3)14-25(33)37-27-19(4)16-31-21(6)13-20(5)29(7,8)24(26(31)34)15-23-17-36-30(9,10)38-28(23)32(27,31)35/h15-16,20-22,24,27-28,35H,2,11-14,17H2,1,3-10H3/t20-,21+,22?,24+,27-,28+,31-,32+/m0/s1. The van der Waals surface area contributed by atoms with Gasteiger partial charge in [-0.3, -0.25) is 9.59 Å². The molecule has 8 atom stereocenters. The van der Waals surface area contributed by atoms with Crippen LogP contribution in [0, 0.1) is 34.5 Å². The smallest absolute Gasteiger partial charge is 0.306 e. The molecule has 4 rings (SSSR count). The maximum Gasteiger partial charge on any atom is 0.306 e. The van der Waals surface area contributed by atoms with Crippen LogP contribution in [0.5, 0.6) is 0 Å². The summed E-state index contributed by atoms with van der Waals surface area (Å²) in [6.07, 6.45) is 4.63. The van der Waals surface area contributed by atoms with Gasteiger partial charge in [0.25, 0.3) is 0 Å². The molecule has 1 aliphatic heterocycles. The van der Waals surface area contributed by atoms with Crippen molar-refractivity contribution in [2.24, 2.45) is 34.5 Å². The minimum absolute atomic E-state index is 0.0169. The van der Waals surface area contributed by atoms with Gasteiger partial charge in [0.2, 0.25) is 0 Å². The first kappa shape index (κ1) is 29.2. The van der Waals surface area contributed by atoms with Gasteiger partial charge in [-0.1, -0.05) is 58.8 Å². The minimum atomic E-state index is -1.79. The summed E-state index contributed by atoms with van der Waals surface area (Å²) in [4.78, 5) is 28.1. The van der Waals surface area contributed by atoms with E-state index in [0.717, 1.165) is 30.4 Å².